The lowest BCUT2D eigenvalue weighted by molar-refractivity contribution is 0.948. The Hall–Kier alpha value is -2.05. The number of nitrogens with two attached hydrogens (primary N) is 1. The minimum absolute atomic E-state index is 0.220. The molecule has 0 unspecified atom stereocenters. The van der Waals surface area contributed by atoms with Gasteiger partial charge in [-0.3, -0.25) is 4.79 Å². The number of benzene rings is 2. The number of nitrogens with zero attached hydrogens (tertiary/aromatic N) is 1. The van der Waals surface area contributed by atoms with Crippen LogP contribution in [0.5, 0.6) is 0 Å². The third-order valence-corrected chi connectivity index (χ3v) is 4.75. The molecule has 3 N–H and O–H groups in total. The highest BCUT2D eigenvalue weighted by atomic mass is 79.9. The van der Waals surface area contributed by atoms with E-state index in [2.05, 4.69) is 25.9 Å². The number of nitrogen functional groups attached to an aromatic ring is 1. The van der Waals surface area contributed by atoms with E-state index in [9.17, 15) is 4.79 Å². The molecule has 0 amide bonds. The maximum absolute atomic E-state index is 12.3. The molecule has 0 spiro atoms. The molecule has 0 saturated carbocycles. The number of anilines is 1. The third kappa shape index (κ3) is 3.83. The average molecular weight is 388 g/mol. The Labute approximate surface area is 146 Å². The van der Waals surface area contributed by atoms with E-state index in [4.69, 9.17) is 5.73 Å². The van der Waals surface area contributed by atoms with E-state index in [0.717, 1.165) is 15.6 Å². The Bertz CT molecular complexity index is 863. The Kier molecular flexibility index (Phi) is 4.83. The molecule has 1 heterocycles. The highest BCUT2D eigenvalue weighted by Crippen LogP contribution is 2.24. The van der Waals surface area contributed by atoms with Crippen molar-refractivity contribution in [2.45, 2.75) is 10.9 Å². The van der Waals surface area contributed by atoms with E-state index >= 15 is 0 Å². The van der Waals surface area contributed by atoms with Crippen molar-refractivity contribution in [2.75, 3.05) is 5.73 Å². The third-order valence-electron chi connectivity index (χ3n) is 3.28. The van der Waals surface area contributed by atoms with Crippen LogP contribution in [-0.4, -0.2) is 9.97 Å². The van der Waals surface area contributed by atoms with Gasteiger partial charge in [-0.1, -0.05) is 70.2 Å². The molecule has 3 aromatic rings. The van der Waals surface area contributed by atoms with Gasteiger partial charge in [0.15, 0.2) is 5.16 Å². The van der Waals surface area contributed by atoms with Crippen LogP contribution in [0, 0.1) is 0 Å². The second-order valence-corrected chi connectivity index (χ2v) is 6.79. The summed E-state index contributed by atoms with van der Waals surface area (Å²) in [6.45, 7) is 0. The lowest BCUT2D eigenvalue weighted by Crippen LogP contribution is -2.15. The lowest BCUT2D eigenvalue weighted by atomic mass is 10.1. The van der Waals surface area contributed by atoms with Crippen molar-refractivity contribution < 1.29 is 0 Å². The van der Waals surface area contributed by atoms with Crippen LogP contribution in [-0.2, 0) is 5.75 Å². The minimum atomic E-state index is -0.220. The number of aromatic amines is 1. The first-order valence-electron chi connectivity index (χ1n) is 6.96. The molecule has 0 fully saturated rings. The van der Waals surface area contributed by atoms with Gasteiger partial charge >= 0.3 is 0 Å². The van der Waals surface area contributed by atoms with E-state index in [1.54, 1.807) is 0 Å². The van der Waals surface area contributed by atoms with Crippen LogP contribution in [0.4, 0.5) is 5.82 Å². The van der Waals surface area contributed by atoms with Crippen molar-refractivity contribution in [3.63, 3.8) is 0 Å². The number of thioether (sulfide) groups is 1. The summed E-state index contributed by atoms with van der Waals surface area (Å²) < 4.78 is 1.04. The molecule has 0 bridgehead atoms. The molecular formula is C17H14BrN3OS. The number of nitrogens with one attached hydrogen (secondary N) is 1. The molecule has 1 aromatic heterocycles. The first-order chi connectivity index (χ1) is 11.1. The Morgan fingerprint density at radius 2 is 1.78 bits per heavy atom. The van der Waals surface area contributed by atoms with Gasteiger partial charge in [-0.05, 0) is 23.3 Å². The van der Waals surface area contributed by atoms with Gasteiger partial charge in [0.05, 0.1) is 5.56 Å². The summed E-state index contributed by atoms with van der Waals surface area (Å²) in [7, 11) is 0. The van der Waals surface area contributed by atoms with Gasteiger partial charge in [0.2, 0.25) is 0 Å². The number of rotatable bonds is 4. The second kappa shape index (κ2) is 7.02. The lowest BCUT2D eigenvalue weighted by Gasteiger charge is -2.07. The molecule has 0 saturated heterocycles. The maximum atomic E-state index is 12.3. The molecule has 0 radical (unpaired) electrons. The Morgan fingerprint density at radius 1 is 1.09 bits per heavy atom. The Balaban J connectivity index is 1.82. The van der Waals surface area contributed by atoms with Gasteiger partial charge < -0.3 is 10.7 Å². The molecule has 4 nitrogen and oxygen atoms in total. The maximum Gasteiger partial charge on any atom is 0.261 e. The number of aromatic nitrogens is 2. The monoisotopic (exact) mass is 387 g/mol. The van der Waals surface area contributed by atoms with Crippen LogP contribution >= 0.6 is 27.7 Å². The van der Waals surface area contributed by atoms with Crippen molar-refractivity contribution in [1.29, 1.82) is 0 Å². The highest BCUT2D eigenvalue weighted by Gasteiger charge is 2.11. The zero-order chi connectivity index (χ0) is 16.2. The predicted molar refractivity (Wildman–Crippen MR) is 98.4 cm³/mol. The van der Waals surface area contributed by atoms with Gasteiger partial charge in [0.1, 0.15) is 5.82 Å². The summed E-state index contributed by atoms with van der Waals surface area (Å²) in [5, 5.41) is 0.523. The van der Waals surface area contributed by atoms with Gasteiger partial charge in [-0.15, -0.1) is 0 Å². The normalized spacial score (nSPS) is 10.7. The second-order valence-electron chi connectivity index (χ2n) is 4.91. The number of hydrogen-bond donors (Lipinski definition) is 2. The zero-order valence-corrected chi connectivity index (χ0v) is 14.5. The molecule has 3 rings (SSSR count). The predicted octanol–water partition coefficient (Wildman–Crippen LogP) is 4.07. The smallest absolute Gasteiger partial charge is 0.261 e. The molecular weight excluding hydrogens is 374 g/mol. The first kappa shape index (κ1) is 15.8. The molecule has 6 heteroatoms. The van der Waals surface area contributed by atoms with Crippen molar-refractivity contribution in [3.8, 4) is 11.1 Å². The van der Waals surface area contributed by atoms with Crippen molar-refractivity contribution in [3.05, 3.63) is 75.0 Å². The van der Waals surface area contributed by atoms with Crippen LogP contribution < -0.4 is 11.3 Å². The summed E-state index contributed by atoms with van der Waals surface area (Å²) in [5.74, 6) is 0.957. The SMILES string of the molecule is Nc1nc(SCc2ccc(Br)cc2)[nH]c(=O)c1-c1ccccc1. The molecule has 0 atom stereocenters. The van der Waals surface area contributed by atoms with Crippen molar-refractivity contribution >= 4 is 33.5 Å². The van der Waals surface area contributed by atoms with E-state index in [1.165, 1.54) is 11.8 Å². The fourth-order valence-electron chi connectivity index (χ4n) is 2.15. The molecule has 116 valence electrons. The van der Waals surface area contributed by atoms with E-state index in [-0.39, 0.29) is 11.4 Å². The van der Waals surface area contributed by atoms with Gasteiger partial charge in [0, 0.05) is 10.2 Å². The number of hydrogen-bond acceptors (Lipinski definition) is 4. The van der Waals surface area contributed by atoms with Gasteiger partial charge in [-0.25, -0.2) is 4.98 Å². The highest BCUT2D eigenvalue weighted by molar-refractivity contribution is 9.10. The molecule has 2 aromatic carbocycles. The molecule has 23 heavy (non-hydrogen) atoms. The van der Waals surface area contributed by atoms with Crippen LogP contribution in [0.25, 0.3) is 11.1 Å². The quantitative estimate of drug-likeness (QED) is 0.522. The summed E-state index contributed by atoms with van der Waals surface area (Å²) in [6, 6.07) is 17.3. The van der Waals surface area contributed by atoms with Crippen LogP contribution in [0.3, 0.4) is 0 Å². The summed E-state index contributed by atoms with van der Waals surface area (Å²) in [5.41, 5.74) is 8.10. The first-order valence-corrected chi connectivity index (χ1v) is 8.74. The number of halogens is 1. The zero-order valence-electron chi connectivity index (χ0n) is 12.1. The van der Waals surface area contributed by atoms with Crippen LogP contribution in [0.15, 0.2) is 69.0 Å². The molecule has 0 aliphatic heterocycles. The molecule has 0 aliphatic rings. The largest absolute Gasteiger partial charge is 0.383 e. The van der Waals surface area contributed by atoms with E-state index < -0.39 is 0 Å². The standard InChI is InChI=1S/C17H14BrN3OS/c18-13-8-6-11(7-9-13)10-23-17-20-15(19)14(16(22)21-17)12-4-2-1-3-5-12/h1-9H,10H2,(H3,19,20,21,22). The topological polar surface area (TPSA) is 71.8 Å². The van der Waals surface area contributed by atoms with Gasteiger partial charge in [0.25, 0.3) is 5.56 Å². The fraction of sp³-hybridized carbons (Fsp3) is 0.0588. The minimum Gasteiger partial charge on any atom is -0.383 e. The van der Waals surface area contributed by atoms with E-state index in [0.29, 0.717) is 16.5 Å². The van der Waals surface area contributed by atoms with E-state index in [1.807, 2.05) is 54.6 Å². The van der Waals surface area contributed by atoms with Gasteiger partial charge in [-0.2, -0.15) is 0 Å². The summed E-state index contributed by atoms with van der Waals surface area (Å²) in [6.07, 6.45) is 0. The summed E-state index contributed by atoms with van der Waals surface area (Å²) in [4.78, 5) is 19.4. The average Bonchev–Trinajstić information content (AvgIpc) is 2.55. The van der Waals surface area contributed by atoms with Crippen LogP contribution in [0.1, 0.15) is 5.56 Å². The Morgan fingerprint density at radius 3 is 2.43 bits per heavy atom. The summed E-state index contributed by atoms with van der Waals surface area (Å²) >= 11 is 4.86. The van der Waals surface area contributed by atoms with Crippen LogP contribution in [0.2, 0.25) is 0 Å². The van der Waals surface area contributed by atoms with Crippen molar-refractivity contribution in [2.24, 2.45) is 0 Å². The van der Waals surface area contributed by atoms with Crippen molar-refractivity contribution in [1.82, 2.24) is 9.97 Å². The molecule has 0 aliphatic carbocycles. The fourth-order valence-corrected chi connectivity index (χ4v) is 3.24. The number of H-pyrrole nitrogens is 1.